The molecule has 1 amide bonds. The zero-order valence-electron chi connectivity index (χ0n) is 10.3. The second kappa shape index (κ2) is 5.27. The van der Waals surface area contributed by atoms with E-state index in [2.05, 4.69) is 21.2 Å². The Bertz CT molecular complexity index is 584. The average Bonchev–Trinajstić information content (AvgIpc) is 2.22. The number of amides is 1. The maximum Gasteiger partial charge on any atom is 0.242 e. The van der Waals surface area contributed by atoms with Gasteiger partial charge in [-0.25, -0.2) is 8.42 Å². The normalized spacial score (nSPS) is 13.1. The van der Waals surface area contributed by atoms with Crippen LogP contribution in [0.3, 0.4) is 0 Å². The number of aryl methyl sites for hydroxylation is 1. The number of anilines is 2. The van der Waals surface area contributed by atoms with Crippen LogP contribution in [0.1, 0.15) is 12.5 Å². The predicted octanol–water partition coefficient (Wildman–Crippen LogP) is 1.71. The van der Waals surface area contributed by atoms with Gasteiger partial charge in [-0.1, -0.05) is 15.9 Å². The molecule has 100 valence electrons. The number of hydrogen-bond acceptors (Lipinski definition) is 4. The van der Waals surface area contributed by atoms with Gasteiger partial charge in [0.2, 0.25) is 5.91 Å². The molecule has 0 aliphatic heterocycles. The molecule has 0 aliphatic rings. The standard InChI is InChI=1S/C11H15BrN2O3S/c1-6-4-8(12)5-9(10(6)13)14-11(15)7(2)18(3,16)17/h4-5,7H,13H2,1-3H3,(H,14,15). The summed E-state index contributed by atoms with van der Waals surface area (Å²) in [7, 11) is -3.42. The first-order chi connectivity index (χ1) is 8.12. The number of sulfone groups is 1. The smallest absolute Gasteiger partial charge is 0.242 e. The molecule has 0 saturated carbocycles. The summed E-state index contributed by atoms with van der Waals surface area (Å²) in [4.78, 5) is 11.8. The monoisotopic (exact) mass is 334 g/mol. The molecular formula is C11H15BrN2O3S. The highest BCUT2D eigenvalue weighted by Gasteiger charge is 2.24. The number of nitrogens with two attached hydrogens (primary N) is 1. The number of nitrogens with one attached hydrogen (secondary N) is 1. The summed E-state index contributed by atoms with van der Waals surface area (Å²) in [5.74, 6) is -0.596. The Morgan fingerprint density at radius 1 is 1.44 bits per heavy atom. The van der Waals surface area contributed by atoms with Crippen molar-refractivity contribution in [2.75, 3.05) is 17.3 Å². The molecule has 1 atom stereocenters. The van der Waals surface area contributed by atoms with Crippen molar-refractivity contribution < 1.29 is 13.2 Å². The molecule has 1 aromatic carbocycles. The number of hydrogen-bond donors (Lipinski definition) is 2. The van der Waals surface area contributed by atoms with Crippen molar-refractivity contribution in [2.45, 2.75) is 19.1 Å². The molecule has 3 N–H and O–H groups in total. The molecule has 7 heteroatoms. The first-order valence-electron chi connectivity index (χ1n) is 5.18. The maximum atomic E-state index is 11.8. The fourth-order valence-electron chi connectivity index (χ4n) is 1.29. The second-order valence-corrected chi connectivity index (χ2v) is 7.43. The topological polar surface area (TPSA) is 89.3 Å². The van der Waals surface area contributed by atoms with Crippen LogP contribution in [0.2, 0.25) is 0 Å². The van der Waals surface area contributed by atoms with Gasteiger partial charge in [-0.2, -0.15) is 0 Å². The molecule has 0 spiro atoms. The van der Waals surface area contributed by atoms with Gasteiger partial charge in [-0.3, -0.25) is 4.79 Å². The van der Waals surface area contributed by atoms with Crippen LogP contribution >= 0.6 is 15.9 Å². The summed E-state index contributed by atoms with van der Waals surface area (Å²) >= 11 is 3.29. The molecule has 18 heavy (non-hydrogen) atoms. The molecule has 0 saturated heterocycles. The zero-order chi connectivity index (χ0) is 14.1. The van der Waals surface area contributed by atoms with E-state index >= 15 is 0 Å². The lowest BCUT2D eigenvalue weighted by Crippen LogP contribution is -2.32. The van der Waals surface area contributed by atoms with Crippen LogP contribution in [0.4, 0.5) is 11.4 Å². The van der Waals surface area contributed by atoms with Crippen LogP contribution in [0.5, 0.6) is 0 Å². The fourth-order valence-corrected chi connectivity index (χ4v) is 2.31. The van der Waals surface area contributed by atoms with Crippen molar-refractivity contribution in [3.8, 4) is 0 Å². The summed E-state index contributed by atoms with van der Waals surface area (Å²) < 4.78 is 23.3. The molecule has 0 heterocycles. The first-order valence-corrected chi connectivity index (χ1v) is 7.93. The Morgan fingerprint density at radius 3 is 2.50 bits per heavy atom. The molecule has 0 fully saturated rings. The van der Waals surface area contributed by atoms with Crippen molar-refractivity contribution in [3.63, 3.8) is 0 Å². The van der Waals surface area contributed by atoms with E-state index in [-0.39, 0.29) is 0 Å². The predicted molar refractivity (Wildman–Crippen MR) is 76.2 cm³/mol. The highest BCUT2D eigenvalue weighted by molar-refractivity contribution is 9.10. The lowest BCUT2D eigenvalue weighted by Gasteiger charge is -2.14. The Morgan fingerprint density at radius 2 is 2.00 bits per heavy atom. The van der Waals surface area contributed by atoms with Crippen molar-refractivity contribution in [3.05, 3.63) is 22.2 Å². The van der Waals surface area contributed by atoms with Crippen molar-refractivity contribution in [1.29, 1.82) is 0 Å². The zero-order valence-corrected chi connectivity index (χ0v) is 12.7. The van der Waals surface area contributed by atoms with Gasteiger partial charge in [0, 0.05) is 10.7 Å². The third-order valence-electron chi connectivity index (χ3n) is 2.62. The number of carbonyl (C=O) groups is 1. The van der Waals surface area contributed by atoms with E-state index in [9.17, 15) is 13.2 Å². The van der Waals surface area contributed by atoms with Gasteiger partial charge in [0.15, 0.2) is 9.84 Å². The highest BCUT2D eigenvalue weighted by Crippen LogP contribution is 2.27. The van der Waals surface area contributed by atoms with Gasteiger partial charge < -0.3 is 11.1 Å². The number of benzene rings is 1. The number of rotatable bonds is 3. The van der Waals surface area contributed by atoms with Crippen molar-refractivity contribution in [1.82, 2.24) is 0 Å². The van der Waals surface area contributed by atoms with Gasteiger partial charge in [0.05, 0.1) is 11.4 Å². The average molecular weight is 335 g/mol. The van der Waals surface area contributed by atoms with E-state index in [1.165, 1.54) is 6.92 Å². The first kappa shape index (κ1) is 15.0. The minimum Gasteiger partial charge on any atom is -0.397 e. The Kier molecular flexibility index (Phi) is 4.39. The van der Waals surface area contributed by atoms with Crippen molar-refractivity contribution in [2.24, 2.45) is 0 Å². The summed E-state index contributed by atoms with van der Waals surface area (Å²) in [6.07, 6.45) is 1.02. The molecule has 0 radical (unpaired) electrons. The van der Waals surface area contributed by atoms with E-state index in [1.807, 2.05) is 6.07 Å². The minimum absolute atomic E-state index is 0.405. The summed E-state index contributed by atoms with van der Waals surface area (Å²) in [5, 5.41) is 1.41. The van der Waals surface area contributed by atoms with Gasteiger partial charge in [-0.15, -0.1) is 0 Å². The molecule has 0 aliphatic carbocycles. The van der Waals surface area contributed by atoms with Gasteiger partial charge in [0.1, 0.15) is 5.25 Å². The maximum absolute atomic E-state index is 11.8. The van der Waals surface area contributed by atoms with Crippen LogP contribution < -0.4 is 11.1 Å². The van der Waals surface area contributed by atoms with E-state index in [0.717, 1.165) is 16.3 Å². The highest BCUT2D eigenvalue weighted by atomic mass is 79.9. The van der Waals surface area contributed by atoms with E-state index in [4.69, 9.17) is 5.73 Å². The fraction of sp³-hybridized carbons (Fsp3) is 0.364. The van der Waals surface area contributed by atoms with Crippen LogP contribution in [-0.4, -0.2) is 25.8 Å². The largest absolute Gasteiger partial charge is 0.397 e. The van der Waals surface area contributed by atoms with Gasteiger partial charge >= 0.3 is 0 Å². The van der Waals surface area contributed by atoms with Gasteiger partial charge in [0.25, 0.3) is 0 Å². The SMILES string of the molecule is Cc1cc(Br)cc(NC(=O)C(C)S(C)(=O)=O)c1N. The Labute approximate surface area is 115 Å². The number of halogens is 1. The van der Waals surface area contributed by atoms with Crippen LogP contribution in [0.25, 0.3) is 0 Å². The molecule has 0 bridgehead atoms. The second-order valence-electron chi connectivity index (χ2n) is 4.14. The van der Waals surface area contributed by atoms with Crippen LogP contribution in [0.15, 0.2) is 16.6 Å². The van der Waals surface area contributed by atoms with Gasteiger partial charge in [-0.05, 0) is 31.5 Å². The van der Waals surface area contributed by atoms with E-state index in [0.29, 0.717) is 11.4 Å². The third kappa shape index (κ3) is 3.46. The summed E-state index contributed by atoms with van der Waals surface area (Å²) in [5.41, 5.74) is 7.45. The molecule has 5 nitrogen and oxygen atoms in total. The molecule has 0 aromatic heterocycles. The minimum atomic E-state index is -3.42. The van der Waals surface area contributed by atoms with E-state index < -0.39 is 21.0 Å². The van der Waals surface area contributed by atoms with Crippen molar-refractivity contribution >= 4 is 43.0 Å². The quantitative estimate of drug-likeness (QED) is 0.823. The lowest BCUT2D eigenvalue weighted by atomic mass is 10.1. The Balaban J connectivity index is 3.03. The number of carbonyl (C=O) groups excluding carboxylic acids is 1. The van der Waals surface area contributed by atoms with Crippen LogP contribution in [-0.2, 0) is 14.6 Å². The number of nitrogen functional groups attached to an aromatic ring is 1. The molecule has 1 unspecified atom stereocenters. The summed E-state index contributed by atoms with van der Waals surface area (Å²) in [6.45, 7) is 3.14. The molecular weight excluding hydrogens is 320 g/mol. The Hall–Kier alpha value is -1.08. The summed E-state index contributed by atoms with van der Waals surface area (Å²) in [6, 6.07) is 3.44. The van der Waals surface area contributed by atoms with Crippen LogP contribution in [0, 0.1) is 6.92 Å². The lowest BCUT2D eigenvalue weighted by molar-refractivity contribution is -0.115. The molecule has 1 rings (SSSR count). The van der Waals surface area contributed by atoms with E-state index in [1.54, 1.807) is 13.0 Å². The molecule has 1 aromatic rings. The third-order valence-corrected chi connectivity index (χ3v) is 4.58.